The van der Waals surface area contributed by atoms with E-state index < -0.39 is 0 Å². The van der Waals surface area contributed by atoms with Crippen LogP contribution >= 0.6 is 11.3 Å². The van der Waals surface area contributed by atoms with Crippen molar-refractivity contribution in [3.63, 3.8) is 0 Å². The van der Waals surface area contributed by atoms with Crippen molar-refractivity contribution in [3.8, 4) is 0 Å². The van der Waals surface area contributed by atoms with E-state index in [4.69, 9.17) is 11.5 Å². The summed E-state index contributed by atoms with van der Waals surface area (Å²) in [6.45, 7) is 0.488. The molecule has 0 aliphatic rings. The van der Waals surface area contributed by atoms with Crippen molar-refractivity contribution < 1.29 is 0 Å². The van der Waals surface area contributed by atoms with Gasteiger partial charge in [-0.2, -0.15) is 0 Å². The van der Waals surface area contributed by atoms with Gasteiger partial charge < -0.3 is 11.5 Å². The lowest BCUT2D eigenvalue weighted by atomic mass is 10.7. The number of rotatable bonds is 1. The van der Waals surface area contributed by atoms with Gasteiger partial charge in [0.25, 0.3) is 0 Å². The Morgan fingerprint density at radius 3 is 2.75 bits per heavy atom. The smallest absolute Gasteiger partial charge is 0.134 e. The Bertz CT molecular complexity index is 172. The van der Waals surface area contributed by atoms with Gasteiger partial charge in [0.05, 0.1) is 0 Å². The summed E-state index contributed by atoms with van der Waals surface area (Å²) < 4.78 is 0. The van der Waals surface area contributed by atoms with Crippen LogP contribution in [0.25, 0.3) is 0 Å². The molecule has 44 valence electrons. The van der Waals surface area contributed by atoms with Crippen LogP contribution in [0.5, 0.6) is 0 Å². The fourth-order valence-corrected chi connectivity index (χ4v) is 0.983. The summed E-state index contributed by atoms with van der Waals surface area (Å²) in [5.74, 6) is 0.565. The van der Waals surface area contributed by atoms with Crippen molar-refractivity contribution in [1.29, 1.82) is 0 Å². The summed E-state index contributed by atoms with van der Waals surface area (Å²) in [7, 11) is 0. The second kappa shape index (κ2) is 2.11. The van der Waals surface area contributed by atoms with Crippen LogP contribution in [0.3, 0.4) is 0 Å². The first-order chi connectivity index (χ1) is 3.83. The van der Waals surface area contributed by atoms with E-state index in [1.54, 1.807) is 5.38 Å². The number of aromatic nitrogens is 1. The Morgan fingerprint density at radius 2 is 2.50 bits per heavy atom. The van der Waals surface area contributed by atoms with Crippen LogP contribution in [-0.4, -0.2) is 4.98 Å². The molecule has 0 aromatic carbocycles. The second-order valence-corrected chi connectivity index (χ2v) is 2.31. The van der Waals surface area contributed by atoms with Crippen molar-refractivity contribution in [2.75, 3.05) is 5.73 Å². The van der Waals surface area contributed by atoms with Gasteiger partial charge in [-0.25, -0.2) is 4.98 Å². The molecule has 0 aliphatic carbocycles. The Labute approximate surface area is 51.3 Å². The van der Waals surface area contributed by atoms with Crippen LogP contribution in [0.1, 0.15) is 5.01 Å². The molecule has 0 spiro atoms. The minimum atomic E-state index is 0.488. The molecule has 1 aromatic heterocycles. The molecule has 0 amide bonds. The molecule has 1 aromatic rings. The standard InChI is InChI=1S/C4H7N3S/c5-1-4-7-3(6)2-8-4/h2H,1,5-6H2. The first-order valence-electron chi connectivity index (χ1n) is 2.23. The molecule has 0 saturated carbocycles. The average Bonchev–Trinajstić information content (AvgIpc) is 2.14. The third-order valence-corrected chi connectivity index (χ3v) is 1.63. The number of hydrogen-bond acceptors (Lipinski definition) is 4. The fourth-order valence-electron chi connectivity index (χ4n) is 0.419. The van der Waals surface area contributed by atoms with E-state index in [1.807, 2.05) is 0 Å². The number of anilines is 1. The monoisotopic (exact) mass is 129 g/mol. The molecular formula is C4H7N3S. The number of nitrogens with two attached hydrogens (primary N) is 2. The van der Waals surface area contributed by atoms with E-state index in [0.29, 0.717) is 12.4 Å². The molecule has 0 fully saturated rings. The van der Waals surface area contributed by atoms with E-state index in [1.165, 1.54) is 11.3 Å². The normalized spacial score (nSPS) is 9.62. The van der Waals surface area contributed by atoms with Gasteiger partial charge in [-0.15, -0.1) is 11.3 Å². The lowest BCUT2D eigenvalue weighted by molar-refractivity contribution is 1.04. The molecular weight excluding hydrogens is 122 g/mol. The Hall–Kier alpha value is -0.610. The number of thiazole rings is 1. The molecule has 0 aliphatic heterocycles. The van der Waals surface area contributed by atoms with Crippen LogP contribution in [0.4, 0.5) is 5.82 Å². The first kappa shape index (κ1) is 5.53. The van der Waals surface area contributed by atoms with Gasteiger partial charge in [0.2, 0.25) is 0 Å². The first-order valence-corrected chi connectivity index (χ1v) is 3.11. The van der Waals surface area contributed by atoms with E-state index >= 15 is 0 Å². The molecule has 0 radical (unpaired) electrons. The summed E-state index contributed by atoms with van der Waals surface area (Å²) in [4.78, 5) is 3.90. The quantitative estimate of drug-likeness (QED) is 0.568. The molecule has 0 bridgehead atoms. The van der Waals surface area contributed by atoms with Gasteiger partial charge in [0.1, 0.15) is 10.8 Å². The summed E-state index contributed by atoms with van der Waals surface area (Å²) in [5, 5.41) is 2.67. The van der Waals surface area contributed by atoms with Gasteiger partial charge >= 0.3 is 0 Å². The lowest BCUT2D eigenvalue weighted by Gasteiger charge is -1.80. The molecule has 8 heavy (non-hydrogen) atoms. The summed E-state index contributed by atoms with van der Waals surface area (Å²) in [6, 6.07) is 0. The van der Waals surface area contributed by atoms with Crippen molar-refractivity contribution in [3.05, 3.63) is 10.4 Å². The van der Waals surface area contributed by atoms with Gasteiger partial charge in [-0.1, -0.05) is 0 Å². The molecule has 3 nitrogen and oxygen atoms in total. The molecule has 1 rings (SSSR count). The largest absolute Gasteiger partial charge is 0.383 e. The van der Waals surface area contributed by atoms with Gasteiger partial charge in [-0.3, -0.25) is 0 Å². The minimum absolute atomic E-state index is 0.488. The topological polar surface area (TPSA) is 64.9 Å². The highest BCUT2D eigenvalue weighted by Gasteiger charge is 1.92. The highest BCUT2D eigenvalue weighted by molar-refractivity contribution is 7.09. The number of nitrogens with zero attached hydrogens (tertiary/aromatic N) is 1. The maximum absolute atomic E-state index is 5.30. The maximum atomic E-state index is 5.30. The van der Waals surface area contributed by atoms with Crippen molar-refractivity contribution in [2.24, 2.45) is 5.73 Å². The van der Waals surface area contributed by atoms with Crippen LogP contribution in [0.2, 0.25) is 0 Å². The molecule has 0 saturated heterocycles. The SMILES string of the molecule is NCc1nc(N)cs1. The molecule has 0 unspecified atom stereocenters. The van der Waals surface area contributed by atoms with Crippen LogP contribution < -0.4 is 11.5 Å². The van der Waals surface area contributed by atoms with Gasteiger partial charge in [0.15, 0.2) is 0 Å². The second-order valence-electron chi connectivity index (χ2n) is 1.37. The summed E-state index contributed by atoms with van der Waals surface area (Å²) in [6.07, 6.45) is 0. The van der Waals surface area contributed by atoms with E-state index in [0.717, 1.165) is 5.01 Å². The fraction of sp³-hybridized carbons (Fsp3) is 0.250. The minimum Gasteiger partial charge on any atom is -0.383 e. The Balaban J connectivity index is 2.84. The van der Waals surface area contributed by atoms with Crippen molar-refractivity contribution >= 4 is 17.2 Å². The van der Waals surface area contributed by atoms with Gasteiger partial charge in [-0.05, 0) is 0 Å². The third kappa shape index (κ3) is 0.962. The Kier molecular flexibility index (Phi) is 1.45. The zero-order valence-corrected chi connectivity index (χ0v) is 5.11. The number of hydrogen-bond donors (Lipinski definition) is 2. The predicted octanol–water partition coefficient (Wildman–Crippen LogP) is 0.184. The van der Waals surface area contributed by atoms with Crippen LogP contribution in [-0.2, 0) is 6.54 Å². The third-order valence-electron chi connectivity index (χ3n) is 0.744. The number of nitrogen functional groups attached to an aromatic ring is 1. The molecule has 4 N–H and O–H groups in total. The highest BCUT2D eigenvalue weighted by Crippen LogP contribution is 2.08. The highest BCUT2D eigenvalue weighted by atomic mass is 32.1. The van der Waals surface area contributed by atoms with E-state index in [2.05, 4.69) is 4.98 Å². The molecule has 0 atom stereocenters. The average molecular weight is 129 g/mol. The van der Waals surface area contributed by atoms with Crippen molar-refractivity contribution in [2.45, 2.75) is 6.54 Å². The van der Waals surface area contributed by atoms with Crippen LogP contribution in [0.15, 0.2) is 5.38 Å². The lowest BCUT2D eigenvalue weighted by Crippen LogP contribution is -1.95. The molecule has 1 heterocycles. The molecule has 4 heteroatoms. The summed E-state index contributed by atoms with van der Waals surface area (Å²) in [5.41, 5.74) is 10.6. The van der Waals surface area contributed by atoms with Crippen molar-refractivity contribution in [1.82, 2.24) is 4.98 Å². The predicted molar refractivity (Wildman–Crippen MR) is 34.4 cm³/mol. The van der Waals surface area contributed by atoms with Gasteiger partial charge in [0, 0.05) is 11.9 Å². The Morgan fingerprint density at radius 1 is 1.75 bits per heavy atom. The zero-order chi connectivity index (χ0) is 5.98. The zero-order valence-electron chi connectivity index (χ0n) is 4.29. The summed E-state index contributed by atoms with van der Waals surface area (Å²) >= 11 is 1.49. The van der Waals surface area contributed by atoms with E-state index in [9.17, 15) is 0 Å². The maximum Gasteiger partial charge on any atom is 0.134 e. The van der Waals surface area contributed by atoms with Crippen LogP contribution in [0, 0.1) is 0 Å². The van der Waals surface area contributed by atoms with E-state index in [-0.39, 0.29) is 0 Å².